The number of amides is 1. The predicted molar refractivity (Wildman–Crippen MR) is 76.2 cm³/mol. The topological polar surface area (TPSA) is 55.1 Å². The first-order chi connectivity index (χ1) is 8.50. The van der Waals surface area contributed by atoms with Gasteiger partial charge in [0.05, 0.1) is 0 Å². The lowest BCUT2D eigenvalue weighted by Crippen LogP contribution is -2.43. The average Bonchev–Trinajstić information content (AvgIpc) is 2.31. The molecule has 0 bridgehead atoms. The molecule has 4 unspecified atom stereocenters. The second-order valence-electron chi connectivity index (χ2n) is 6.19. The molecule has 0 radical (unpaired) electrons. The summed E-state index contributed by atoms with van der Waals surface area (Å²) in [5.41, 5.74) is 5.72. The molecule has 4 atom stereocenters. The summed E-state index contributed by atoms with van der Waals surface area (Å²) in [6.07, 6.45) is 7.99. The molecule has 106 valence electrons. The van der Waals surface area contributed by atoms with Crippen molar-refractivity contribution in [3.63, 3.8) is 0 Å². The van der Waals surface area contributed by atoms with Crippen molar-refractivity contribution in [2.45, 2.75) is 77.8 Å². The zero-order valence-electron chi connectivity index (χ0n) is 12.2. The third kappa shape index (κ3) is 5.38. The van der Waals surface area contributed by atoms with Gasteiger partial charge in [0.2, 0.25) is 5.91 Å². The van der Waals surface area contributed by atoms with E-state index in [0.717, 1.165) is 25.7 Å². The molecule has 1 saturated carbocycles. The molecule has 1 rings (SSSR count). The lowest BCUT2D eigenvalue weighted by molar-refractivity contribution is -0.126. The van der Waals surface area contributed by atoms with Gasteiger partial charge < -0.3 is 11.1 Å². The van der Waals surface area contributed by atoms with E-state index < -0.39 is 0 Å². The molecular formula is C15H30N2O. The third-order valence-electron chi connectivity index (χ3n) is 4.18. The van der Waals surface area contributed by atoms with Crippen molar-refractivity contribution < 1.29 is 4.79 Å². The molecule has 1 aliphatic rings. The minimum Gasteiger partial charge on any atom is -0.353 e. The van der Waals surface area contributed by atoms with Crippen LogP contribution in [-0.2, 0) is 4.79 Å². The fourth-order valence-corrected chi connectivity index (χ4v) is 2.73. The van der Waals surface area contributed by atoms with E-state index >= 15 is 0 Å². The highest BCUT2D eigenvalue weighted by molar-refractivity contribution is 5.78. The van der Waals surface area contributed by atoms with E-state index in [9.17, 15) is 4.79 Å². The van der Waals surface area contributed by atoms with Gasteiger partial charge in [-0.25, -0.2) is 0 Å². The standard InChI is InChI=1S/C15H30N2O/c1-11-7-4-5-10-14(11)17-15(18)12(2)8-6-9-13(3)16/h11-14H,4-10,16H2,1-3H3,(H,17,18). The van der Waals surface area contributed by atoms with E-state index in [0.29, 0.717) is 12.0 Å². The molecule has 18 heavy (non-hydrogen) atoms. The molecule has 3 nitrogen and oxygen atoms in total. The molecule has 0 aromatic rings. The smallest absolute Gasteiger partial charge is 0.223 e. The van der Waals surface area contributed by atoms with E-state index in [1.165, 1.54) is 19.3 Å². The van der Waals surface area contributed by atoms with E-state index in [1.807, 2.05) is 13.8 Å². The molecule has 0 aliphatic heterocycles. The Kier molecular flexibility index (Phi) is 6.69. The van der Waals surface area contributed by atoms with Crippen LogP contribution in [0.5, 0.6) is 0 Å². The zero-order valence-corrected chi connectivity index (χ0v) is 12.2. The minimum atomic E-state index is 0.123. The van der Waals surface area contributed by atoms with Crippen LogP contribution >= 0.6 is 0 Å². The fraction of sp³-hybridized carbons (Fsp3) is 0.933. The number of hydrogen-bond donors (Lipinski definition) is 2. The number of rotatable bonds is 6. The SMILES string of the molecule is CC(N)CCCC(C)C(=O)NC1CCCCC1C. The average molecular weight is 254 g/mol. The number of nitrogens with one attached hydrogen (secondary N) is 1. The summed E-state index contributed by atoms with van der Waals surface area (Å²) < 4.78 is 0. The van der Waals surface area contributed by atoms with E-state index in [1.54, 1.807) is 0 Å². The molecule has 1 fully saturated rings. The molecule has 0 saturated heterocycles. The van der Waals surface area contributed by atoms with Gasteiger partial charge in [0.25, 0.3) is 0 Å². The number of hydrogen-bond acceptors (Lipinski definition) is 2. The molecule has 0 aromatic heterocycles. The normalized spacial score (nSPS) is 27.6. The van der Waals surface area contributed by atoms with Gasteiger partial charge in [0.15, 0.2) is 0 Å². The van der Waals surface area contributed by atoms with Crippen molar-refractivity contribution in [1.29, 1.82) is 0 Å². The Balaban J connectivity index is 2.26. The monoisotopic (exact) mass is 254 g/mol. The molecular weight excluding hydrogens is 224 g/mol. The van der Waals surface area contributed by atoms with Crippen molar-refractivity contribution in [1.82, 2.24) is 5.32 Å². The molecule has 0 aromatic carbocycles. The number of carbonyl (C=O) groups excluding carboxylic acids is 1. The van der Waals surface area contributed by atoms with Crippen LogP contribution in [0.1, 0.15) is 65.7 Å². The van der Waals surface area contributed by atoms with Gasteiger partial charge in [-0.05, 0) is 38.5 Å². The first-order valence-electron chi connectivity index (χ1n) is 7.56. The van der Waals surface area contributed by atoms with Crippen molar-refractivity contribution in [3.8, 4) is 0 Å². The summed E-state index contributed by atoms with van der Waals surface area (Å²) in [4.78, 5) is 12.1. The van der Waals surface area contributed by atoms with Crippen molar-refractivity contribution in [3.05, 3.63) is 0 Å². The van der Waals surface area contributed by atoms with Gasteiger partial charge >= 0.3 is 0 Å². The van der Waals surface area contributed by atoms with Crippen LogP contribution in [0.3, 0.4) is 0 Å². The highest BCUT2D eigenvalue weighted by Crippen LogP contribution is 2.24. The third-order valence-corrected chi connectivity index (χ3v) is 4.18. The molecule has 0 spiro atoms. The second kappa shape index (κ2) is 7.78. The van der Waals surface area contributed by atoms with Crippen LogP contribution in [0, 0.1) is 11.8 Å². The van der Waals surface area contributed by atoms with Gasteiger partial charge in [-0.3, -0.25) is 4.79 Å². The van der Waals surface area contributed by atoms with Gasteiger partial charge in [-0.1, -0.05) is 33.1 Å². The van der Waals surface area contributed by atoms with Crippen molar-refractivity contribution >= 4 is 5.91 Å². The van der Waals surface area contributed by atoms with Crippen LogP contribution < -0.4 is 11.1 Å². The van der Waals surface area contributed by atoms with E-state index in [2.05, 4.69) is 12.2 Å². The first kappa shape index (κ1) is 15.5. The Hall–Kier alpha value is -0.570. The fourth-order valence-electron chi connectivity index (χ4n) is 2.73. The minimum absolute atomic E-state index is 0.123. The van der Waals surface area contributed by atoms with Gasteiger partial charge in [0.1, 0.15) is 0 Å². The van der Waals surface area contributed by atoms with Crippen LogP contribution in [0.25, 0.3) is 0 Å². The maximum absolute atomic E-state index is 12.1. The van der Waals surface area contributed by atoms with Crippen LogP contribution in [0.4, 0.5) is 0 Å². The van der Waals surface area contributed by atoms with Crippen molar-refractivity contribution in [2.75, 3.05) is 0 Å². The highest BCUT2D eigenvalue weighted by Gasteiger charge is 2.24. The molecule has 1 amide bonds. The summed E-state index contributed by atoms with van der Waals surface area (Å²) in [7, 11) is 0. The Morgan fingerprint density at radius 1 is 1.28 bits per heavy atom. The van der Waals surface area contributed by atoms with Crippen LogP contribution in [-0.4, -0.2) is 18.0 Å². The summed E-state index contributed by atoms with van der Waals surface area (Å²) in [5, 5.41) is 3.24. The largest absolute Gasteiger partial charge is 0.353 e. The maximum Gasteiger partial charge on any atom is 0.223 e. The van der Waals surface area contributed by atoms with E-state index in [4.69, 9.17) is 5.73 Å². The zero-order chi connectivity index (χ0) is 13.5. The van der Waals surface area contributed by atoms with Crippen molar-refractivity contribution in [2.24, 2.45) is 17.6 Å². The maximum atomic E-state index is 12.1. The molecule has 1 aliphatic carbocycles. The highest BCUT2D eigenvalue weighted by atomic mass is 16.1. The van der Waals surface area contributed by atoms with Gasteiger partial charge in [0, 0.05) is 18.0 Å². The summed E-state index contributed by atoms with van der Waals surface area (Å²) in [5.74, 6) is 0.996. The van der Waals surface area contributed by atoms with E-state index in [-0.39, 0.29) is 17.9 Å². The Morgan fingerprint density at radius 3 is 2.56 bits per heavy atom. The quantitative estimate of drug-likeness (QED) is 0.766. The molecule has 3 N–H and O–H groups in total. The lowest BCUT2D eigenvalue weighted by atomic mass is 9.85. The Labute approximate surface area is 112 Å². The predicted octanol–water partition coefficient (Wildman–Crippen LogP) is 2.83. The number of carbonyl (C=O) groups is 1. The van der Waals surface area contributed by atoms with Gasteiger partial charge in [-0.2, -0.15) is 0 Å². The summed E-state index contributed by atoms with van der Waals surface area (Å²) in [6, 6.07) is 0.653. The Morgan fingerprint density at radius 2 is 1.94 bits per heavy atom. The molecule has 0 heterocycles. The van der Waals surface area contributed by atoms with Crippen LogP contribution in [0.2, 0.25) is 0 Å². The lowest BCUT2D eigenvalue weighted by Gasteiger charge is -2.30. The summed E-state index contributed by atoms with van der Waals surface area (Å²) in [6.45, 7) is 6.31. The Bertz CT molecular complexity index is 253. The summed E-state index contributed by atoms with van der Waals surface area (Å²) >= 11 is 0. The first-order valence-corrected chi connectivity index (χ1v) is 7.56. The number of nitrogens with two attached hydrogens (primary N) is 1. The van der Waals surface area contributed by atoms with Crippen LogP contribution in [0.15, 0.2) is 0 Å². The van der Waals surface area contributed by atoms with Gasteiger partial charge in [-0.15, -0.1) is 0 Å². The molecule has 3 heteroatoms. The second-order valence-corrected chi connectivity index (χ2v) is 6.19.